The minimum Gasteiger partial charge on any atom is -0.356 e. The number of carbonyl (C=O) groups is 1. The molecule has 3 heterocycles. The van der Waals surface area contributed by atoms with Crippen molar-refractivity contribution >= 4 is 22.5 Å². The number of para-hydroxylation sites is 1. The molecule has 1 aromatic carbocycles. The molecule has 0 radical (unpaired) electrons. The minimum atomic E-state index is -0.230. The van der Waals surface area contributed by atoms with E-state index >= 15 is 0 Å². The van der Waals surface area contributed by atoms with E-state index < -0.39 is 0 Å². The Balaban J connectivity index is 1.71. The Morgan fingerprint density at radius 1 is 1.17 bits per heavy atom. The summed E-state index contributed by atoms with van der Waals surface area (Å²) in [5.74, 6) is -0.230. The number of anilines is 1. The zero-order chi connectivity index (χ0) is 16.4. The molecule has 24 heavy (non-hydrogen) atoms. The van der Waals surface area contributed by atoms with Crippen molar-refractivity contribution in [3.8, 4) is 0 Å². The van der Waals surface area contributed by atoms with Crippen LogP contribution in [0.15, 0.2) is 48.8 Å². The molecule has 1 N–H and O–H groups in total. The van der Waals surface area contributed by atoms with Crippen molar-refractivity contribution in [1.29, 1.82) is 0 Å². The topological polar surface area (TPSA) is 69.0 Å². The van der Waals surface area contributed by atoms with E-state index in [-0.39, 0.29) is 12.1 Å². The highest BCUT2D eigenvalue weighted by Gasteiger charge is 2.23. The molecular formula is C18H18N4O2. The third-order valence-electron chi connectivity index (χ3n) is 4.20. The number of fused-ring (bicyclic) bond motifs is 1. The molecule has 6 heteroatoms. The van der Waals surface area contributed by atoms with Crippen molar-refractivity contribution in [3.05, 3.63) is 54.5 Å². The van der Waals surface area contributed by atoms with Crippen molar-refractivity contribution in [1.82, 2.24) is 14.8 Å². The van der Waals surface area contributed by atoms with Crippen LogP contribution in [0, 0.1) is 0 Å². The number of hydrogen-bond acceptors (Lipinski definition) is 4. The Morgan fingerprint density at radius 2 is 2.00 bits per heavy atom. The van der Waals surface area contributed by atoms with Crippen LogP contribution in [0.4, 0.5) is 5.69 Å². The smallest absolute Gasteiger partial charge is 0.276 e. The van der Waals surface area contributed by atoms with E-state index in [2.05, 4.69) is 15.4 Å². The monoisotopic (exact) mass is 322 g/mol. The summed E-state index contributed by atoms with van der Waals surface area (Å²) >= 11 is 0. The molecule has 1 unspecified atom stereocenters. The fourth-order valence-corrected chi connectivity index (χ4v) is 3.02. The van der Waals surface area contributed by atoms with Gasteiger partial charge < -0.3 is 10.1 Å². The average molecular weight is 322 g/mol. The van der Waals surface area contributed by atoms with Gasteiger partial charge in [-0.25, -0.2) is 4.68 Å². The highest BCUT2D eigenvalue weighted by molar-refractivity contribution is 6.11. The molecular weight excluding hydrogens is 304 g/mol. The summed E-state index contributed by atoms with van der Waals surface area (Å²) in [5.41, 5.74) is 2.03. The van der Waals surface area contributed by atoms with Crippen molar-refractivity contribution in [2.24, 2.45) is 0 Å². The maximum atomic E-state index is 12.7. The lowest BCUT2D eigenvalue weighted by molar-refractivity contribution is -0.0367. The second-order valence-electron chi connectivity index (χ2n) is 5.82. The van der Waals surface area contributed by atoms with Crippen LogP contribution in [0.25, 0.3) is 10.9 Å². The first-order valence-corrected chi connectivity index (χ1v) is 8.13. The summed E-state index contributed by atoms with van der Waals surface area (Å²) in [6.45, 7) is 0.734. The predicted molar refractivity (Wildman–Crippen MR) is 90.8 cm³/mol. The fraction of sp³-hybridized carbons (Fsp3) is 0.278. The van der Waals surface area contributed by atoms with E-state index in [0.717, 1.165) is 36.8 Å². The minimum absolute atomic E-state index is 0.105. The number of ether oxygens (including phenoxy) is 1. The zero-order valence-corrected chi connectivity index (χ0v) is 13.2. The first-order chi connectivity index (χ1) is 11.8. The molecule has 0 spiro atoms. The highest BCUT2D eigenvalue weighted by Crippen LogP contribution is 2.28. The van der Waals surface area contributed by atoms with Gasteiger partial charge in [-0.1, -0.05) is 18.2 Å². The van der Waals surface area contributed by atoms with Gasteiger partial charge in [-0.15, -0.1) is 0 Å². The highest BCUT2D eigenvalue weighted by atomic mass is 16.5. The molecule has 1 aliphatic rings. The summed E-state index contributed by atoms with van der Waals surface area (Å²) in [7, 11) is 0. The quantitative estimate of drug-likeness (QED) is 0.802. The number of benzene rings is 1. The van der Waals surface area contributed by atoms with Crippen LogP contribution >= 0.6 is 0 Å². The zero-order valence-electron chi connectivity index (χ0n) is 13.2. The molecule has 0 bridgehead atoms. The number of carbonyl (C=O) groups excluding carboxylic acids is 1. The summed E-state index contributed by atoms with van der Waals surface area (Å²) in [6, 6.07) is 11.3. The first-order valence-electron chi connectivity index (χ1n) is 8.13. The number of pyridine rings is 1. The number of amides is 1. The number of hydrogen-bond donors (Lipinski definition) is 1. The van der Waals surface area contributed by atoms with Gasteiger partial charge in [0.05, 0.1) is 5.52 Å². The van der Waals surface area contributed by atoms with E-state index in [9.17, 15) is 4.79 Å². The van der Waals surface area contributed by atoms with Gasteiger partial charge in [-0.2, -0.15) is 5.10 Å². The van der Waals surface area contributed by atoms with E-state index in [4.69, 9.17) is 4.74 Å². The first kappa shape index (κ1) is 14.8. The van der Waals surface area contributed by atoms with Crippen LogP contribution < -0.4 is 5.32 Å². The molecule has 1 amide bonds. The molecule has 0 saturated carbocycles. The van der Waals surface area contributed by atoms with Crippen LogP contribution in [-0.4, -0.2) is 27.3 Å². The summed E-state index contributed by atoms with van der Waals surface area (Å²) < 4.78 is 7.69. The molecule has 4 rings (SSSR count). The van der Waals surface area contributed by atoms with E-state index in [1.54, 1.807) is 24.5 Å². The molecule has 122 valence electrons. The maximum absolute atomic E-state index is 12.7. The average Bonchev–Trinajstić information content (AvgIpc) is 3.03. The number of nitrogens with one attached hydrogen (secondary N) is 1. The van der Waals surface area contributed by atoms with Gasteiger partial charge in [-0.05, 0) is 37.5 Å². The molecule has 0 aliphatic carbocycles. The summed E-state index contributed by atoms with van der Waals surface area (Å²) in [4.78, 5) is 16.6. The van der Waals surface area contributed by atoms with E-state index in [0.29, 0.717) is 11.4 Å². The normalized spacial score (nSPS) is 17.8. The van der Waals surface area contributed by atoms with Gasteiger partial charge in [0.1, 0.15) is 0 Å². The predicted octanol–water partition coefficient (Wildman–Crippen LogP) is 3.38. The van der Waals surface area contributed by atoms with Crippen LogP contribution in [0.1, 0.15) is 36.0 Å². The Labute approximate surface area is 139 Å². The maximum Gasteiger partial charge on any atom is 0.276 e. The number of rotatable bonds is 3. The fourth-order valence-electron chi connectivity index (χ4n) is 3.02. The van der Waals surface area contributed by atoms with Gasteiger partial charge in [0.15, 0.2) is 11.9 Å². The second-order valence-corrected chi connectivity index (χ2v) is 5.82. The van der Waals surface area contributed by atoms with E-state index in [1.165, 1.54) is 0 Å². The van der Waals surface area contributed by atoms with Gasteiger partial charge in [-0.3, -0.25) is 9.78 Å². The molecule has 1 fully saturated rings. The summed E-state index contributed by atoms with van der Waals surface area (Å²) in [6.07, 6.45) is 6.27. The van der Waals surface area contributed by atoms with Crippen LogP contribution in [-0.2, 0) is 4.74 Å². The van der Waals surface area contributed by atoms with Crippen LogP contribution in [0.2, 0.25) is 0 Å². The van der Waals surface area contributed by atoms with Gasteiger partial charge in [0.25, 0.3) is 5.91 Å². The SMILES string of the molecule is O=C(Nc1ccncc1)c1nn(C2CCCCO2)c2ccccc12. The lowest BCUT2D eigenvalue weighted by atomic mass is 10.1. The largest absolute Gasteiger partial charge is 0.356 e. The summed E-state index contributed by atoms with van der Waals surface area (Å²) in [5, 5.41) is 8.28. The third-order valence-corrected chi connectivity index (χ3v) is 4.20. The third kappa shape index (κ3) is 2.76. The van der Waals surface area contributed by atoms with Gasteiger partial charge in [0, 0.05) is 30.1 Å². The molecule has 1 aliphatic heterocycles. The number of aromatic nitrogens is 3. The molecule has 1 saturated heterocycles. The number of nitrogens with zero attached hydrogens (tertiary/aromatic N) is 3. The Hall–Kier alpha value is -2.73. The van der Waals surface area contributed by atoms with Gasteiger partial charge >= 0.3 is 0 Å². The Kier molecular flexibility index (Phi) is 3.96. The standard InChI is InChI=1S/C18H18N4O2/c23-18(20-13-8-10-19-11-9-13)17-14-5-1-2-6-15(14)22(21-17)16-7-3-4-12-24-16/h1-2,5-6,8-11,16H,3-4,7,12H2,(H,19,20,23). The van der Waals surface area contributed by atoms with Gasteiger partial charge in [0.2, 0.25) is 0 Å². The molecule has 1 atom stereocenters. The Morgan fingerprint density at radius 3 is 2.79 bits per heavy atom. The van der Waals surface area contributed by atoms with Crippen LogP contribution in [0.3, 0.4) is 0 Å². The lowest BCUT2D eigenvalue weighted by Gasteiger charge is -2.23. The molecule has 3 aromatic rings. The second kappa shape index (κ2) is 6.41. The van der Waals surface area contributed by atoms with Crippen molar-refractivity contribution in [3.63, 3.8) is 0 Å². The Bertz CT molecular complexity index is 854. The van der Waals surface area contributed by atoms with Crippen molar-refractivity contribution in [2.45, 2.75) is 25.5 Å². The molecule has 6 nitrogen and oxygen atoms in total. The lowest BCUT2D eigenvalue weighted by Crippen LogP contribution is -2.20. The van der Waals surface area contributed by atoms with Crippen molar-refractivity contribution in [2.75, 3.05) is 11.9 Å². The molecule has 2 aromatic heterocycles. The van der Waals surface area contributed by atoms with Crippen LogP contribution in [0.5, 0.6) is 0 Å². The van der Waals surface area contributed by atoms with E-state index in [1.807, 2.05) is 28.9 Å². The van der Waals surface area contributed by atoms with Crippen molar-refractivity contribution < 1.29 is 9.53 Å².